The SMILES string of the molecule is O=C(NC1CCN(C(=O)O)C1)c1sc2nccc3c2c1NC(=O)N3c1ccccc1. The van der Waals surface area contributed by atoms with Crippen LogP contribution in [0.5, 0.6) is 0 Å². The lowest BCUT2D eigenvalue weighted by molar-refractivity contribution is 0.0940. The molecule has 152 valence electrons. The zero-order valence-corrected chi connectivity index (χ0v) is 16.5. The summed E-state index contributed by atoms with van der Waals surface area (Å²) < 4.78 is 0. The summed E-state index contributed by atoms with van der Waals surface area (Å²) in [5.74, 6) is -0.343. The van der Waals surface area contributed by atoms with Gasteiger partial charge in [-0.1, -0.05) is 18.2 Å². The third-order valence-electron chi connectivity index (χ3n) is 5.26. The highest BCUT2D eigenvalue weighted by Crippen LogP contribution is 2.45. The quantitative estimate of drug-likeness (QED) is 0.597. The number of carbonyl (C=O) groups excluding carboxylic acids is 2. The summed E-state index contributed by atoms with van der Waals surface area (Å²) in [6, 6.07) is 10.4. The predicted molar refractivity (Wildman–Crippen MR) is 113 cm³/mol. The minimum Gasteiger partial charge on any atom is -0.465 e. The fraction of sp³-hybridized carbons (Fsp3) is 0.200. The highest BCUT2D eigenvalue weighted by atomic mass is 32.1. The van der Waals surface area contributed by atoms with Crippen LogP contribution in [-0.2, 0) is 0 Å². The zero-order valence-electron chi connectivity index (χ0n) is 15.7. The number of carbonyl (C=O) groups is 3. The standard InChI is InChI=1S/C20H17N5O4S/c26-17(22-11-7-9-24(10-11)20(28)29)16-15-14-13(6-8-21-18(14)30-16)25(19(27)23-15)12-4-2-1-3-5-12/h1-6,8,11H,7,9-10H2,(H,22,26)(H,23,27)(H,28,29). The van der Waals surface area contributed by atoms with Gasteiger partial charge in [-0.25, -0.2) is 14.6 Å². The lowest BCUT2D eigenvalue weighted by Gasteiger charge is -2.28. The van der Waals surface area contributed by atoms with Crippen molar-refractivity contribution < 1.29 is 19.5 Å². The molecule has 1 fully saturated rings. The van der Waals surface area contributed by atoms with Crippen molar-refractivity contribution in [2.45, 2.75) is 12.5 Å². The van der Waals surface area contributed by atoms with Gasteiger partial charge in [0.1, 0.15) is 9.71 Å². The van der Waals surface area contributed by atoms with Gasteiger partial charge in [0, 0.05) is 25.3 Å². The van der Waals surface area contributed by atoms with Crippen LogP contribution >= 0.6 is 11.3 Å². The molecule has 1 aromatic carbocycles. The Morgan fingerprint density at radius 1 is 1.23 bits per heavy atom. The van der Waals surface area contributed by atoms with E-state index in [4.69, 9.17) is 5.11 Å². The van der Waals surface area contributed by atoms with E-state index in [2.05, 4.69) is 15.6 Å². The molecule has 5 rings (SSSR count). The number of likely N-dealkylation sites (tertiary alicyclic amines) is 1. The van der Waals surface area contributed by atoms with E-state index in [0.717, 1.165) is 5.39 Å². The molecule has 1 atom stereocenters. The highest BCUT2D eigenvalue weighted by molar-refractivity contribution is 7.21. The molecule has 4 amide bonds. The average molecular weight is 423 g/mol. The molecule has 2 aromatic heterocycles. The fourth-order valence-electron chi connectivity index (χ4n) is 3.88. The number of nitrogens with one attached hydrogen (secondary N) is 2. The number of benzene rings is 1. The van der Waals surface area contributed by atoms with Crippen molar-refractivity contribution in [2.75, 3.05) is 23.3 Å². The Balaban J connectivity index is 1.50. The van der Waals surface area contributed by atoms with Crippen LogP contribution in [0.1, 0.15) is 16.1 Å². The van der Waals surface area contributed by atoms with Crippen LogP contribution in [0.2, 0.25) is 0 Å². The molecule has 0 saturated carbocycles. The number of carboxylic acid groups (broad SMARTS) is 1. The lowest BCUT2D eigenvalue weighted by Crippen LogP contribution is -2.39. The summed E-state index contributed by atoms with van der Waals surface area (Å²) in [7, 11) is 0. The van der Waals surface area contributed by atoms with E-state index in [0.29, 0.717) is 39.7 Å². The molecule has 1 saturated heterocycles. The van der Waals surface area contributed by atoms with Crippen molar-refractivity contribution in [1.29, 1.82) is 0 Å². The number of hydrogen-bond acceptors (Lipinski definition) is 5. The zero-order chi connectivity index (χ0) is 20.8. The number of anilines is 3. The molecule has 3 aromatic rings. The number of nitrogens with zero attached hydrogens (tertiary/aromatic N) is 3. The third kappa shape index (κ3) is 2.92. The molecule has 1 unspecified atom stereocenters. The number of urea groups is 1. The van der Waals surface area contributed by atoms with Gasteiger partial charge in [0.15, 0.2) is 0 Å². The molecule has 0 aliphatic carbocycles. The Hall–Kier alpha value is -3.66. The van der Waals surface area contributed by atoms with Gasteiger partial charge in [0.2, 0.25) is 0 Å². The molecule has 10 heteroatoms. The van der Waals surface area contributed by atoms with Gasteiger partial charge in [-0.3, -0.25) is 9.69 Å². The Bertz CT molecular complexity index is 1180. The molecule has 0 radical (unpaired) electrons. The Kier molecular flexibility index (Phi) is 4.28. The summed E-state index contributed by atoms with van der Waals surface area (Å²) in [5, 5.41) is 15.6. The number of para-hydroxylation sites is 1. The summed E-state index contributed by atoms with van der Waals surface area (Å²) >= 11 is 1.21. The Morgan fingerprint density at radius 3 is 2.77 bits per heavy atom. The van der Waals surface area contributed by atoms with Crippen LogP contribution in [0.25, 0.3) is 10.2 Å². The summed E-state index contributed by atoms with van der Waals surface area (Å²) in [4.78, 5) is 45.2. The monoisotopic (exact) mass is 423 g/mol. The molecule has 3 N–H and O–H groups in total. The van der Waals surface area contributed by atoms with Gasteiger partial charge in [0.25, 0.3) is 5.91 Å². The van der Waals surface area contributed by atoms with E-state index in [9.17, 15) is 14.4 Å². The maximum atomic E-state index is 13.0. The first-order valence-electron chi connectivity index (χ1n) is 9.39. The molecule has 2 aliphatic heterocycles. The van der Waals surface area contributed by atoms with Crippen molar-refractivity contribution in [3.63, 3.8) is 0 Å². The van der Waals surface area contributed by atoms with Crippen LogP contribution in [0.3, 0.4) is 0 Å². The molecule has 0 bridgehead atoms. The number of aromatic nitrogens is 1. The third-order valence-corrected chi connectivity index (χ3v) is 6.36. The van der Waals surface area contributed by atoms with E-state index >= 15 is 0 Å². The van der Waals surface area contributed by atoms with Crippen LogP contribution in [-0.4, -0.2) is 52.2 Å². The van der Waals surface area contributed by atoms with Gasteiger partial charge in [-0.05, 0) is 24.6 Å². The maximum Gasteiger partial charge on any atom is 0.407 e. The largest absolute Gasteiger partial charge is 0.465 e. The molecule has 2 aliphatic rings. The summed E-state index contributed by atoms with van der Waals surface area (Å²) in [5.41, 5.74) is 1.82. The molecular formula is C20H17N5O4S. The first-order valence-corrected chi connectivity index (χ1v) is 10.2. The number of hydrogen-bond donors (Lipinski definition) is 3. The van der Waals surface area contributed by atoms with Gasteiger partial charge < -0.3 is 20.6 Å². The smallest absolute Gasteiger partial charge is 0.407 e. The number of thiophene rings is 1. The molecular weight excluding hydrogens is 406 g/mol. The lowest BCUT2D eigenvalue weighted by atomic mass is 10.1. The second kappa shape index (κ2) is 6.99. The van der Waals surface area contributed by atoms with Crippen molar-refractivity contribution >= 4 is 56.6 Å². The van der Waals surface area contributed by atoms with E-state index in [1.54, 1.807) is 17.2 Å². The molecule has 4 heterocycles. The molecule has 0 spiro atoms. The van der Waals surface area contributed by atoms with Crippen LogP contribution in [0.15, 0.2) is 42.6 Å². The summed E-state index contributed by atoms with van der Waals surface area (Å²) in [6.07, 6.45) is 1.18. The predicted octanol–water partition coefficient (Wildman–Crippen LogP) is 3.46. The second-order valence-electron chi connectivity index (χ2n) is 7.11. The van der Waals surface area contributed by atoms with Gasteiger partial charge in [0.05, 0.1) is 22.4 Å². The van der Waals surface area contributed by atoms with E-state index < -0.39 is 6.09 Å². The first kappa shape index (κ1) is 18.4. The average Bonchev–Trinajstić information content (AvgIpc) is 3.35. The fourth-order valence-corrected chi connectivity index (χ4v) is 4.90. The maximum absolute atomic E-state index is 13.0. The number of pyridine rings is 1. The van der Waals surface area contributed by atoms with E-state index in [1.165, 1.54) is 16.2 Å². The van der Waals surface area contributed by atoms with Crippen LogP contribution < -0.4 is 15.5 Å². The van der Waals surface area contributed by atoms with E-state index in [1.807, 2.05) is 30.3 Å². The van der Waals surface area contributed by atoms with Gasteiger partial charge in [-0.15, -0.1) is 11.3 Å². The minimum atomic E-state index is -0.995. The topological polar surface area (TPSA) is 115 Å². The summed E-state index contributed by atoms with van der Waals surface area (Å²) in [6.45, 7) is 0.632. The van der Waals surface area contributed by atoms with Gasteiger partial charge >= 0.3 is 12.1 Å². The molecule has 9 nitrogen and oxygen atoms in total. The Morgan fingerprint density at radius 2 is 2.03 bits per heavy atom. The highest BCUT2D eigenvalue weighted by Gasteiger charge is 2.34. The number of rotatable bonds is 3. The van der Waals surface area contributed by atoms with Crippen LogP contribution in [0, 0.1) is 0 Å². The normalized spacial score (nSPS) is 17.9. The minimum absolute atomic E-state index is 0.249. The van der Waals surface area contributed by atoms with Gasteiger partial charge in [-0.2, -0.15) is 0 Å². The van der Waals surface area contributed by atoms with E-state index in [-0.39, 0.29) is 24.5 Å². The number of amides is 4. The van der Waals surface area contributed by atoms with Crippen molar-refractivity contribution in [3.05, 3.63) is 47.5 Å². The van der Waals surface area contributed by atoms with Crippen LogP contribution in [0.4, 0.5) is 26.7 Å². The van der Waals surface area contributed by atoms with Crippen molar-refractivity contribution in [2.24, 2.45) is 0 Å². The second-order valence-corrected chi connectivity index (χ2v) is 8.10. The van der Waals surface area contributed by atoms with Crippen molar-refractivity contribution in [1.82, 2.24) is 15.2 Å². The Labute approximate surface area is 174 Å². The molecule has 30 heavy (non-hydrogen) atoms. The first-order chi connectivity index (χ1) is 14.5. The van der Waals surface area contributed by atoms with Crippen molar-refractivity contribution in [3.8, 4) is 0 Å².